The predicted octanol–water partition coefficient (Wildman–Crippen LogP) is 17.3. The Bertz CT molecular complexity index is 916. The second kappa shape index (κ2) is 46.9. The molecule has 0 unspecified atom stereocenters. The topological polar surface area (TPSA) is 78.9 Å². The molecule has 0 fully saturated rings. The zero-order chi connectivity index (χ0) is 44.0. The molecule has 6 heteroatoms. The van der Waals surface area contributed by atoms with Crippen LogP contribution in [-0.2, 0) is 28.6 Å². The SMILES string of the molecule is CCCCCCCCCCCCCCCCCCCC(=O)OC[C@@H](COC(=O)CCCCCCCCC(C)C)OC(=O)CCCCCCCCCCCCCCCC(C)C. The smallest absolute Gasteiger partial charge is 0.306 e. The van der Waals surface area contributed by atoms with Crippen LogP contribution in [0.15, 0.2) is 0 Å². The number of hydrogen-bond donors (Lipinski definition) is 0. The van der Waals surface area contributed by atoms with Gasteiger partial charge in [0, 0.05) is 19.3 Å². The van der Waals surface area contributed by atoms with Crippen LogP contribution in [0.3, 0.4) is 0 Å². The molecule has 0 heterocycles. The number of carbonyl (C=O) groups is 3. The molecule has 6 nitrogen and oxygen atoms in total. The van der Waals surface area contributed by atoms with Crippen molar-refractivity contribution in [3.05, 3.63) is 0 Å². The van der Waals surface area contributed by atoms with E-state index in [9.17, 15) is 14.4 Å². The highest BCUT2D eigenvalue weighted by Gasteiger charge is 2.19. The molecular weight excluding hydrogens is 745 g/mol. The van der Waals surface area contributed by atoms with Crippen molar-refractivity contribution in [2.45, 2.75) is 304 Å². The Hall–Kier alpha value is -1.59. The molecular formula is C54H104O6. The maximum absolute atomic E-state index is 12.8. The first kappa shape index (κ1) is 58.4. The van der Waals surface area contributed by atoms with Crippen molar-refractivity contribution in [2.24, 2.45) is 11.8 Å². The minimum absolute atomic E-state index is 0.0642. The van der Waals surface area contributed by atoms with E-state index in [4.69, 9.17) is 14.2 Å². The van der Waals surface area contributed by atoms with Gasteiger partial charge in [0.2, 0.25) is 0 Å². The Kier molecular flexibility index (Phi) is 45.7. The Morgan fingerprint density at radius 1 is 0.317 bits per heavy atom. The van der Waals surface area contributed by atoms with E-state index in [1.54, 1.807) is 0 Å². The van der Waals surface area contributed by atoms with Gasteiger partial charge in [0.05, 0.1) is 0 Å². The van der Waals surface area contributed by atoms with Crippen molar-refractivity contribution in [3.63, 3.8) is 0 Å². The van der Waals surface area contributed by atoms with Crippen LogP contribution in [0.25, 0.3) is 0 Å². The fourth-order valence-electron chi connectivity index (χ4n) is 8.17. The first-order chi connectivity index (χ1) is 29.2. The van der Waals surface area contributed by atoms with Crippen molar-refractivity contribution in [1.82, 2.24) is 0 Å². The standard InChI is InChI=1S/C54H104O6/c1-6-7-8-9-10-11-12-13-14-15-16-19-22-25-28-34-39-44-52(55)58-47-51(48-59-53(56)45-40-35-31-30-33-38-43-50(4)5)60-54(57)46-41-36-29-26-23-20-17-18-21-24-27-32-37-42-49(2)3/h49-51H,6-48H2,1-5H3/t51-/m0/s1. The quantitative estimate of drug-likeness (QED) is 0.0345. The van der Waals surface area contributed by atoms with Gasteiger partial charge >= 0.3 is 17.9 Å². The summed E-state index contributed by atoms with van der Waals surface area (Å²) >= 11 is 0. The molecule has 0 rings (SSSR count). The number of unbranched alkanes of at least 4 members (excludes halogenated alkanes) is 33. The van der Waals surface area contributed by atoms with E-state index < -0.39 is 6.10 Å². The van der Waals surface area contributed by atoms with E-state index >= 15 is 0 Å². The lowest BCUT2D eigenvalue weighted by molar-refractivity contribution is -0.167. The molecule has 60 heavy (non-hydrogen) atoms. The average Bonchev–Trinajstić information content (AvgIpc) is 3.22. The Morgan fingerprint density at radius 2 is 0.550 bits per heavy atom. The molecule has 0 saturated carbocycles. The largest absolute Gasteiger partial charge is 0.462 e. The van der Waals surface area contributed by atoms with Gasteiger partial charge in [-0.3, -0.25) is 14.4 Å². The van der Waals surface area contributed by atoms with E-state index in [0.29, 0.717) is 19.3 Å². The zero-order valence-corrected chi connectivity index (χ0v) is 41.1. The third-order valence-corrected chi connectivity index (χ3v) is 12.2. The Labute approximate surface area is 374 Å². The summed E-state index contributed by atoms with van der Waals surface area (Å²) in [6.45, 7) is 11.3. The fourth-order valence-corrected chi connectivity index (χ4v) is 8.17. The molecule has 0 aromatic rings. The van der Waals surface area contributed by atoms with Gasteiger partial charge in [-0.05, 0) is 31.1 Å². The highest BCUT2D eigenvalue weighted by atomic mass is 16.6. The first-order valence-electron chi connectivity index (χ1n) is 26.7. The molecule has 0 bridgehead atoms. The van der Waals surface area contributed by atoms with E-state index in [0.717, 1.165) is 69.6 Å². The Morgan fingerprint density at radius 3 is 0.817 bits per heavy atom. The Balaban J connectivity index is 4.25. The van der Waals surface area contributed by atoms with Crippen LogP contribution in [0.2, 0.25) is 0 Å². The molecule has 0 aliphatic heterocycles. The van der Waals surface area contributed by atoms with Crippen molar-refractivity contribution >= 4 is 17.9 Å². The molecule has 0 amide bonds. The number of ether oxygens (including phenoxy) is 3. The number of hydrogen-bond acceptors (Lipinski definition) is 6. The lowest BCUT2D eigenvalue weighted by Gasteiger charge is -2.18. The molecule has 0 N–H and O–H groups in total. The zero-order valence-electron chi connectivity index (χ0n) is 41.1. The van der Waals surface area contributed by atoms with Crippen LogP contribution in [0.5, 0.6) is 0 Å². The van der Waals surface area contributed by atoms with Crippen molar-refractivity contribution in [1.29, 1.82) is 0 Å². The van der Waals surface area contributed by atoms with Gasteiger partial charge in [0.1, 0.15) is 13.2 Å². The molecule has 0 saturated heterocycles. The summed E-state index contributed by atoms with van der Waals surface area (Å²) in [6.07, 6.45) is 48.2. The lowest BCUT2D eigenvalue weighted by Crippen LogP contribution is -2.30. The van der Waals surface area contributed by atoms with Gasteiger partial charge in [-0.2, -0.15) is 0 Å². The highest BCUT2D eigenvalue weighted by molar-refractivity contribution is 5.71. The van der Waals surface area contributed by atoms with E-state index in [1.807, 2.05) is 0 Å². The number of esters is 3. The fraction of sp³-hybridized carbons (Fsp3) is 0.944. The molecule has 0 aliphatic carbocycles. The third kappa shape index (κ3) is 47.5. The summed E-state index contributed by atoms with van der Waals surface area (Å²) < 4.78 is 16.8. The minimum Gasteiger partial charge on any atom is -0.462 e. The van der Waals surface area contributed by atoms with Crippen LogP contribution >= 0.6 is 0 Å². The van der Waals surface area contributed by atoms with E-state index in [1.165, 1.54) is 186 Å². The summed E-state index contributed by atoms with van der Waals surface area (Å²) in [5.41, 5.74) is 0. The number of rotatable bonds is 48. The molecule has 0 radical (unpaired) electrons. The van der Waals surface area contributed by atoms with E-state index in [2.05, 4.69) is 34.6 Å². The summed E-state index contributed by atoms with van der Waals surface area (Å²) in [5, 5.41) is 0. The molecule has 0 aromatic carbocycles. The van der Waals surface area contributed by atoms with Crippen LogP contribution in [0, 0.1) is 11.8 Å². The van der Waals surface area contributed by atoms with Gasteiger partial charge in [-0.25, -0.2) is 0 Å². The van der Waals surface area contributed by atoms with Gasteiger partial charge in [0.15, 0.2) is 6.10 Å². The summed E-state index contributed by atoms with van der Waals surface area (Å²) in [4.78, 5) is 37.9. The summed E-state index contributed by atoms with van der Waals surface area (Å²) in [6, 6.07) is 0. The number of carbonyl (C=O) groups excluding carboxylic acids is 3. The second-order valence-electron chi connectivity index (χ2n) is 19.5. The normalized spacial score (nSPS) is 12.1. The second-order valence-corrected chi connectivity index (χ2v) is 19.5. The maximum Gasteiger partial charge on any atom is 0.306 e. The van der Waals surface area contributed by atoms with Crippen LogP contribution in [-0.4, -0.2) is 37.2 Å². The summed E-state index contributed by atoms with van der Waals surface area (Å²) in [7, 11) is 0. The van der Waals surface area contributed by atoms with Crippen LogP contribution in [0.1, 0.15) is 298 Å². The lowest BCUT2D eigenvalue weighted by atomic mass is 10.0. The van der Waals surface area contributed by atoms with Crippen molar-refractivity contribution in [2.75, 3.05) is 13.2 Å². The van der Waals surface area contributed by atoms with Gasteiger partial charge in [-0.15, -0.1) is 0 Å². The predicted molar refractivity (Wildman–Crippen MR) is 256 cm³/mol. The van der Waals surface area contributed by atoms with E-state index in [-0.39, 0.29) is 31.1 Å². The van der Waals surface area contributed by atoms with Crippen LogP contribution in [0.4, 0.5) is 0 Å². The van der Waals surface area contributed by atoms with Gasteiger partial charge in [-0.1, -0.05) is 259 Å². The molecule has 0 aromatic heterocycles. The average molecular weight is 849 g/mol. The monoisotopic (exact) mass is 849 g/mol. The molecule has 1 atom stereocenters. The van der Waals surface area contributed by atoms with Crippen molar-refractivity contribution < 1.29 is 28.6 Å². The third-order valence-electron chi connectivity index (χ3n) is 12.2. The van der Waals surface area contributed by atoms with Crippen LogP contribution < -0.4 is 0 Å². The molecule has 0 aliphatic rings. The summed E-state index contributed by atoms with van der Waals surface area (Å²) in [5.74, 6) is 0.751. The molecule has 0 spiro atoms. The van der Waals surface area contributed by atoms with Crippen molar-refractivity contribution in [3.8, 4) is 0 Å². The van der Waals surface area contributed by atoms with Gasteiger partial charge < -0.3 is 14.2 Å². The van der Waals surface area contributed by atoms with Gasteiger partial charge in [0.25, 0.3) is 0 Å². The minimum atomic E-state index is -0.762. The molecule has 356 valence electrons. The first-order valence-corrected chi connectivity index (χ1v) is 26.7. The highest BCUT2D eigenvalue weighted by Crippen LogP contribution is 2.18. The maximum atomic E-state index is 12.8.